The summed E-state index contributed by atoms with van der Waals surface area (Å²) in [6.45, 7) is 12.2. The summed E-state index contributed by atoms with van der Waals surface area (Å²) in [5.74, 6) is 4.31. The van der Waals surface area contributed by atoms with Crippen molar-refractivity contribution < 1.29 is 10.2 Å². The number of hydrogen-bond donors (Lipinski definition) is 2. The largest absolute Gasteiger partial charge is 0.390 e. The lowest BCUT2D eigenvalue weighted by atomic mass is 9.43. The minimum atomic E-state index is -0.494. The first-order valence-corrected chi connectivity index (χ1v) is 13.1. The minimum Gasteiger partial charge on any atom is -0.390 e. The van der Waals surface area contributed by atoms with Crippen LogP contribution in [-0.2, 0) is 0 Å². The summed E-state index contributed by atoms with van der Waals surface area (Å²) >= 11 is 0. The smallest absolute Gasteiger partial charge is 0.0835 e. The molecule has 4 rings (SSSR count). The standard InChI is InChI=1S/C27H48O2/c1-17(2)9-8-10-18(3)19-12-13-20-23-21(14-16-27(19,20)5)26(4)15-7-6-11-22(26)24(28)25(23)29/h17-25,28-29H,6-16H2,1-5H3/t18-,19?,20?,21?,22-,23?,24?,25+,26?,27?/m1/s1. The zero-order valence-electron chi connectivity index (χ0n) is 19.9. The average molecular weight is 405 g/mol. The summed E-state index contributed by atoms with van der Waals surface area (Å²) in [7, 11) is 0. The Bertz CT molecular complexity index is 573. The fourth-order valence-corrected chi connectivity index (χ4v) is 9.34. The molecule has 0 bridgehead atoms. The van der Waals surface area contributed by atoms with E-state index in [0.29, 0.717) is 29.1 Å². The molecular weight excluding hydrogens is 356 g/mol. The highest BCUT2D eigenvalue weighted by Crippen LogP contribution is 2.68. The fraction of sp³-hybridized carbons (Fsp3) is 1.00. The summed E-state index contributed by atoms with van der Waals surface area (Å²) in [6.07, 6.45) is 13.3. The molecule has 29 heavy (non-hydrogen) atoms. The van der Waals surface area contributed by atoms with Gasteiger partial charge in [-0.05, 0) is 90.8 Å². The summed E-state index contributed by atoms with van der Waals surface area (Å²) in [4.78, 5) is 0. The maximum Gasteiger partial charge on any atom is 0.0835 e. The van der Waals surface area contributed by atoms with Crippen LogP contribution in [0.25, 0.3) is 0 Å². The normalized spacial score (nSPS) is 50.7. The van der Waals surface area contributed by atoms with Gasteiger partial charge in [0.25, 0.3) is 0 Å². The second-order valence-electron chi connectivity index (χ2n) is 12.7. The molecule has 4 aliphatic rings. The number of rotatable bonds is 5. The van der Waals surface area contributed by atoms with Gasteiger partial charge in [0.2, 0.25) is 0 Å². The van der Waals surface area contributed by atoms with E-state index in [-0.39, 0.29) is 5.41 Å². The van der Waals surface area contributed by atoms with Crippen LogP contribution in [0.15, 0.2) is 0 Å². The topological polar surface area (TPSA) is 40.5 Å². The third-order valence-electron chi connectivity index (χ3n) is 10.9. The van der Waals surface area contributed by atoms with Crippen molar-refractivity contribution in [2.75, 3.05) is 0 Å². The molecule has 0 saturated heterocycles. The van der Waals surface area contributed by atoms with Crippen molar-refractivity contribution in [2.45, 2.75) is 117 Å². The first kappa shape index (κ1) is 22.1. The van der Waals surface area contributed by atoms with Gasteiger partial charge in [-0.2, -0.15) is 0 Å². The molecule has 7 unspecified atom stereocenters. The van der Waals surface area contributed by atoms with Gasteiger partial charge in [0.15, 0.2) is 0 Å². The Hall–Kier alpha value is -0.0800. The van der Waals surface area contributed by atoms with Gasteiger partial charge in [0.05, 0.1) is 12.2 Å². The Morgan fingerprint density at radius 2 is 1.48 bits per heavy atom. The molecule has 0 aromatic carbocycles. The molecule has 10 atom stereocenters. The molecule has 2 heteroatoms. The van der Waals surface area contributed by atoms with Crippen LogP contribution in [0.5, 0.6) is 0 Å². The molecule has 0 aromatic heterocycles. The molecule has 0 aromatic rings. The highest BCUT2D eigenvalue weighted by Gasteiger charge is 2.64. The molecule has 0 spiro atoms. The summed E-state index contributed by atoms with van der Waals surface area (Å²) < 4.78 is 0. The Kier molecular flexibility index (Phi) is 6.19. The van der Waals surface area contributed by atoms with Crippen LogP contribution in [0.4, 0.5) is 0 Å². The van der Waals surface area contributed by atoms with Gasteiger partial charge in [-0.1, -0.05) is 66.7 Å². The number of fused-ring (bicyclic) bond motifs is 5. The Labute approximate surface area is 180 Å². The highest BCUT2D eigenvalue weighted by atomic mass is 16.3. The molecule has 0 amide bonds. The Morgan fingerprint density at radius 1 is 0.759 bits per heavy atom. The van der Waals surface area contributed by atoms with Crippen LogP contribution in [0.3, 0.4) is 0 Å². The summed E-state index contributed by atoms with van der Waals surface area (Å²) in [5.41, 5.74) is 0.626. The number of hydrogen-bond acceptors (Lipinski definition) is 2. The minimum absolute atomic E-state index is 0.254. The molecule has 4 fully saturated rings. The number of aliphatic hydroxyl groups excluding tert-OH is 2. The van der Waals surface area contributed by atoms with Crippen molar-refractivity contribution in [3.63, 3.8) is 0 Å². The van der Waals surface area contributed by atoms with E-state index >= 15 is 0 Å². The van der Waals surface area contributed by atoms with E-state index in [0.717, 1.165) is 24.2 Å². The third-order valence-corrected chi connectivity index (χ3v) is 10.9. The predicted molar refractivity (Wildman–Crippen MR) is 120 cm³/mol. The van der Waals surface area contributed by atoms with E-state index in [1.807, 2.05) is 0 Å². The van der Waals surface area contributed by atoms with Crippen LogP contribution < -0.4 is 0 Å². The van der Waals surface area contributed by atoms with Crippen LogP contribution in [0.2, 0.25) is 0 Å². The second kappa shape index (κ2) is 8.12. The predicted octanol–water partition coefficient (Wildman–Crippen LogP) is 6.44. The number of aliphatic hydroxyl groups is 2. The van der Waals surface area contributed by atoms with Crippen molar-refractivity contribution in [3.8, 4) is 0 Å². The lowest BCUT2D eigenvalue weighted by Crippen LogP contribution is -2.63. The molecule has 4 aliphatic carbocycles. The van der Waals surface area contributed by atoms with E-state index < -0.39 is 12.2 Å². The maximum atomic E-state index is 11.4. The van der Waals surface area contributed by atoms with Crippen molar-refractivity contribution in [3.05, 3.63) is 0 Å². The van der Waals surface area contributed by atoms with Gasteiger partial charge in [-0.25, -0.2) is 0 Å². The average Bonchev–Trinajstić information content (AvgIpc) is 3.02. The summed E-state index contributed by atoms with van der Waals surface area (Å²) in [5, 5.41) is 22.5. The van der Waals surface area contributed by atoms with Crippen LogP contribution in [-0.4, -0.2) is 22.4 Å². The van der Waals surface area contributed by atoms with Crippen molar-refractivity contribution in [1.82, 2.24) is 0 Å². The van der Waals surface area contributed by atoms with Crippen LogP contribution >= 0.6 is 0 Å². The third kappa shape index (κ3) is 3.53. The van der Waals surface area contributed by atoms with Crippen LogP contribution in [0, 0.1) is 52.3 Å². The van der Waals surface area contributed by atoms with E-state index in [4.69, 9.17) is 0 Å². The lowest BCUT2D eigenvalue weighted by molar-refractivity contribution is -0.215. The Morgan fingerprint density at radius 3 is 2.21 bits per heavy atom. The van der Waals surface area contributed by atoms with E-state index in [1.165, 1.54) is 64.2 Å². The molecule has 168 valence electrons. The van der Waals surface area contributed by atoms with Gasteiger partial charge in [0.1, 0.15) is 0 Å². The maximum absolute atomic E-state index is 11.4. The van der Waals surface area contributed by atoms with Crippen molar-refractivity contribution in [2.24, 2.45) is 52.3 Å². The van der Waals surface area contributed by atoms with Crippen LogP contribution in [0.1, 0.15) is 105 Å². The van der Waals surface area contributed by atoms with Gasteiger partial charge in [-0.3, -0.25) is 0 Å². The molecule has 2 nitrogen and oxygen atoms in total. The zero-order chi connectivity index (χ0) is 21.0. The molecular formula is C27H48O2. The SMILES string of the molecule is CC(C)CCC[C@@H](C)C1CCC2C3C(CCC21C)C1(C)CCCC[C@@H]1C(O)[C@H]3O. The molecule has 0 heterocycles. The quantitative estimate of drug-likeness (QED) is 0.553. The molecule has 2 N–H and O–H groups in total. The van der Waals surface area contributed by atoms with E-state index in [1.54, 1.807) is 0 Å². The highest BCUT2D eigenvalue weighted by molar-refractivity contribution is 5.13. The van der Waals surface area contributed by atoms with Gasteiger partial charge < -0.3 is 10.2 Å². The van der Waals surface area contributed by atoms with Gasteiger partial charge >= 0.3 is 0 Å². The lowest BCUT2D eigenvalue weighted by Gasteiger charge is -2.63. The second-order valence-corrected chi connectivity index (χ2v) is 12.7. The Balaban J connectivity index is 1.54. The van der Waals surface area contributed by atoms with Gasteiger partial charge in [0, 0.05) is 0 Å². The van der Waals surface area contributed by atoms with E-state index in [2.05, 4.69) is 34.6 Å². The van der Waals surface area contributed by atoms with Crippen molar-refractivity contribution in [1.29, 1.82) is 0 Å². The molecule has 4 saturated carbocycles. The monoisotopic (exact) mass is 404 g/mol. The van der Waals surface area contributed by atoms with Gasteiger partial charge in [-0.15, -0.1) is 0 Å². The molecule has 0 aliphatic heterocycles. The molecule has 0 radical (unpaired) electrons. The summed E-state index contributed by atoms with van der Waals surface area (Å²) in [6, 6.07) is 0. The van der Waals surface area contributed by atoms with Crippen molar-refractivity contribution >= 4 is 0 Å². The first-order chi connectivity index (χ1) is 13.7. The first-order valence-electron chi connectivity index (χ1n) is 13.1. The zero-order valence-corrected chi connectivity index (χ0v) is 19.9. The fourth-order valence-electron chi connectivity index (χ4n) is 9.34. The van der Waals surface area contributed by atoms with E-state index in [9.17, 15) is 10.2 Å².